The van der Waals surface area contributed by atoms with Gasteiger partial charge < -0.3 is 9.74 Å². The van der Waals surface area contributed by atoms with Crippen molar-refractivity contribution in [3.05, 3.63) is 12.2 Å². The van der Waals surface area contributed by atoms with Crippen LogP contribution in [0.15, 0.2) is 12.2 Å². The van der Waals surface area contributed by atoms with Crippen LogP contribution in [0.25, 0.3) is 0 Å². The van der Waals surface area contributed by atoms with Gasteiger partial charge in [0.05, 0.1) is 6.61 Å². The van der Waals surface area contributed by atoms with Gasteiger partial charge in [0.2, 0.25) is 5.91 Å². The molecule has 0 fully saturated rings. The second-order valence-corrected chi connectivity index (χ2v) is 3.19. The van der Waals surface area contributed by atoms with Crippen LogP contribution in [-0.2, 0) is 14.4 Å². The van der Waals surface area contributed by atoms with E-state index in [9.17, 15) is 9.59 Å². The Bertz CT molecular complexity index is 217. The number of nitrogens with zero attached hydrogens (tertiary/aromatic N) is 1. The number of rotatable bonds is 8. The molecule has 1 amide bonds. The molecular weight excluding hydrogens is 196 g/mol. The zero-order valence-corrected chi connectivity index (χ0v) is 9.02. The van der Waals surface area contributed by atoms with E-state index in [0.29, 0.717) is 19.4 Å². The van der Waals surface area contributed by atoms with Gasteiger partial charge in [0, 0.05) is 19.7 Å². The van der Waals surface area contributed by atoms with Crippen molar-refractivity contribution in [1.29, 1.82) is 0 Å². The first-order chi connectivity index (χ1) is 7.22. The third-order valence-corrected chi connectivity index (χ3v) is 1.95. The molecule has 0 bridgehead atoms. The van der Waals surface area contributed by atoms with Gasteiger partial charge in [0.1, 0.15) is 6.29 Å². The highest BCUT2D eigenvalue weighted by molar-refractivity contribution is 5.90. The van der Waals surface area contributed by atoms with E-state index in [-0.39, 0.29) is 5.91 Å². The molecule has 0 aliphatic rings. The van der Waals surface area contributed by atoms with Crippen LogP contribution in [0.1, 0.15) is 19.3 Å². The van der Waals surface area contributed by atoms with Crippen LogP contribution in [0, 0.1) is 0 Å². The van der Waals surface area contributed by atoms with Gasteiger partial charge >= 0.3 is 0 Å². The summed E-state index contributed by atoms with van der Waals surface area (Å²) in [7, 11) is 1.71. The molecule has 5 nitrogen and oxygen atoms in total. The Hall–Kier alpha value is -1.20. The lowest BCUT2D eigenvalue weighted by atomic mass is 10.2. The van der Waals surface area contributed by atoms with Crippen LogP contribution in [0.2, 0.25) is 0 Å². The predicted molar refractivity (Wildman–Crippen MR) is 56.8 cm³/mol. The quantitative estimate of drug-likeness (QED) is 0.272. The van der Waals surface area contributed by atoms with Crippen molar-refractivity contribution in [3.8, 4) is 0 Å². The first-order valence-electron chi connectivity index (χ1n) is 4.91. The highest BCUT2D eigenvalue weighted by Gasteiger charge is 2.03. The summed E-state index contributed by atoms with van der Waals surface area (Å²) in [5.74, 6) is 4.71. The third kappa shape index (κ3) is 7.84. The molecular formula is C10H18N2O3. The molecule has 5 heteroatoms. The maximum Gasteiger partial charge on any atom is 0.246 e. The van der Waals surface area contributed by atoms with Crippen molar-refractivity contribution < 1.29 is 14.4 Å². The first kappa shape index (κ1) is 13.8. The smallest absolute Gasteiger partial charge is 0.246 e. The summed E-state index contributed by atoms with van der Waals surface area (Å²) in [5.41, 5.74) is 0. The van der Waals surface area contributed by atoms with Gasteiger partial charge in [0.25, 0.3) is 0 Å². The Balaban J connectivity index is 3.55. The molecule has 0 rings (SSSR count). The lowest BCUT2D eigenvalue weighted by Crippen LogP contribution is -2.25. The molecule has 15 heavy (non-hydrogen) atoms. The SMILES string of the molecule is CN(CCCCCON)C(=O)/C=C\C=O. The summed E-state index contributed by atoms with van der Waals surface area (Å²) < 4.78 is 0. The fraction of sp³-hybridized carbons (Fsp3) is 0.600. The normalized spacial score (nSPS) is 10.5. The van der Waals surface area contributed by atoms with Gasteiger partial charge in [-0.2, -0.15) is 0 Å². The van der Waals surface area contributed by atoms with E-state index in [1.807, 2.05) is 0 Å². The monoisotopic (exact) mass is 214 g/mol. The molecule has 0 unspecified atom stereocenters. The molecule has 0 aromatic carbocycles. The minimum Gasteiger partial charge on any atom is -0.342 e. The van der Waals surface area contributed by atoms with Crippen LogP contribution in [-0.4, -0.2) is 37.3 Å². The minimum absolute atomic E-state index is 0.155. The Morgan fingerprint density at radius 3 is 2.73 bits per heavy atom. The molecule has 0 spiro atoms. The molecule has 0 aliphatic carbocycles. The lowest BCUT2D eigenvalue weighted by Gasteiger charge is -2.14. The largest absolute Gasteiger partial charge is 0.342 e. The fourth-order valence-corrected chi connectivity index (χ4v) is 1.07. The van der Waals surface area contributed by atoms with E-state index in [1.165, 1.54) is 12.2 Å². The van der Waals surface area contributed by atoms with E-state index in [0.717, 1.165) is 19.3 Å². The number of amides is 1. The standard InChI is InChI=1S/C10H18N2O3/c1-12(10(14)6-5-8-13)7-3-2-4-9-15-11/h5-6,8H,2-4,7,9,11H2,1H3/b6-5-. The van der Waals surface area contributed by atoms with Gasteiger partial charge in [-0.25, -0.2) is 5.90 Å². The number of carbonyl (C=O) groups excluding carboxylic acids is 2. The highest BCUT2D eigenvalue weighted by atomic mass is 16.6. The third-order valence-electron chi connectivity index (χ3n) is 1.95. The fourth-order valence-electron chi connectivity index (χ4n) is 1.07. The maximum absolute atomic E-state index is 11.3. The van der Waals surface area contributed by atoms with Crippen molar-refractivity contribution in [1.82, 2.24) is 4.90 Å². The van der Waals surface area contributed by atoms with E-state index < -0.39 is 0 Å². The number of likely N-dealkylation sites (N-methyl/N-ethyl adjacent to an activating group) is 1. The van der Waals surface area contributed by atoms with Crippen molar-refractivity contribution >= 4 is 12.2 Å². The Kier molecular flexibility index (Phi) is 8.61. The van der Waals surface area contributed by atoms with Crippen LogP contribution >= 0.6 is 0 Å². The van der Waals surface area contributed by atoms with Crippen LogP contribution < -0.4 is 5.90 Å². The number of allylic oxidation sites excluding steroid dienone is 1. The zero-order valence-electron chi connectivity index (χ0n) is 9.02. The molecule has 0 atom stereocenters. The zero-order chi connectivity index (χ0) is 11.5. The summed E-state index contributed by atoms with van der Waals surface area (Å²) in [5, 5.41) is 0. The molecule has 0 aromatic heterocycles. The summed E-state index contributed by atoms with van der Waals surface area (Å²) >= 11 is 0. The van der Waals surface area contributed by atoms with E-state index in [4.69, 9.17) is 5.90 Å². The Morgan fingerprint density at radius 1 is 1.40 bits per heavy atom. The number of hydrogen-bond acceptors (Lipinski definition) is 4. The molecule has 0 aliphatic heterocycles. The van der Waals surface area contributed by atoms with Crippen LogP contribution in [0.4, 0.5) is 0 Å². The van der Waals surface area contributed by atoms with Crippen molar-refractivity contribution in [2.75, 3.05) is 20.2 Å². The van der Waals surface area contributed by atoms with Crippen molar-refractivity contribution in [2.45, 2.75) is 19.3 Å². The van der Waals surface area contributed by atoms with E-state index in [1.54, 1.807) is 11.9 Å². The topological polar surface area (TPSA) is 72.6 Å². The molecule has 0 heterocycles. The number of nitrogens with two attached hydrogens (primary N) is 1. The molecule has 0 radical (unpaired) electrons. The highest BCUT2D eigenvalue weighted by Crippen LogP contribution is 1.98. The number of hydrogen-bond donors (Lipinski definition) is 1. The average Bonchev–Trinajstić information content (AvgIpc) is 2.25. The number of unbranched alkanes of at least 4 members (excludes halogenated alkanes) is 2. The van der Waals surface area contributed by atoms with Gasteiger partial charge in [-0.1, -0.05) is 0 Å². The van der Waals surface area contributed by atoms with E-state index in [2.05, 4.69) is 4.84 Å². The number of aldehydes is 1. The molecule has 86 valence electrons. The van der Waals surface area contributed by atoms with Gasteiger partial charge in [0.15, 0.2) is 0 Å². The minimum atomic E-state index is -0.155. The summed E-state index contributed by atoms with van der Waals surface area (Å²) in [6.45, 7) is 1.22. The summed E-state index contributed by atoms with van der Waals surface area (Å²) in [4.78, 5) is 27.2. The van der Waals surface area contributed by atoms with Crippen LogP contribution in [0.5, 0.6) is 0 Å². The van der Waals surface area contributed by atoms with Gasteiger partial charge in [-0.3, -0.25) is 9.59 Å². The molecule has 2 N–H and O–H groups in total. The molecule has 0 saturated heterocycles. The Labute approximate surface area is 89.8 Å². The summed E-state index contributed by atoms with van der Waals surface area (Å²) in [6.07, 6.45) is 5.80. The lowest BCUT2D eigenvalue weighted by molar-refractivity contribution is -0.125. The second kappa shape index (κ2) is 9.36. The van der Waals surface area contributed by atoms with Crippen molar-refractivity contribution in [2.24, 2.45) is 5.90 Å². The first-order valence-corrected chi connectivity index (χ1v) is 4.91. The van der Waals surface area contributed by atoms with Crippen molar-refractivity contribution in [3.63, 3.8) is 0 Å². The molecule has 0 aromatic rings. The van der Waals surface area contributed by atoms with Crippen LogP contribution in [0.3, 0.4) is 0 Å². The van der Waals surface area contributed by atoms with E-state index >= 15 is 0 Å². The summed E-state index contributed by atoms with van der Waals surface area (Å²) in [6, 6.07) is 0. The average molecular weight is 214 g/mol. The van der Waals surface area contributed by atoms with Gasteiger partial charge in [-0.15, -0.1) is 0 Å². The Morgan fingerprint density at radius 2 is 2.13 bits per heavy atom. The van der Waals surface area contributed by atoms with Gasteiger partial charge in [-0.05, 0) is 25.3 Å². The number of carbonyl (C=O) groups is 2. The maximum atomic E-state index is 11.3. The molecule has 0 saturated carbocycles. The second-order valence-electron chi connectivity index (χ2n) is 3.19. The predicted octanol–water partition coefficient (Wildman–Crippen LogP) is 0.261.